The highest BCUT2D eigenvalue weighted by molar-refractivity contribution is 5.76. The molecule has 0 amide bonds. The van der Waals surface area contributed by atoms with Gasteiger partial charge in [-0.05, 0) is 19.3 Å². The molecule has 1 atom stereocenters. The summed E-state index contributed by atoms with van der Waals surface area (Å²) in [4.78, 5) is 19.0. The summed E-state index contributed by atoms with van der Waals surface area (Å²) < 4.78 is 5.23. The van der Waals surface area contributed by atoms with Crippen LogP contribution in [0.2, 0.25) is 0 Å². The minimum absolute atomic E-state index is 0.284. The molecule has 0 aliphatic carbocycles. The van der Waals surface area contributed by atoms with Gasteiger partial charge in [0.15, 0.2) is 0 Å². The van der Waals surface area contributed by atoms with Gasteiger partial charge in [-0.3, -0.25) is 0 Å². The third-order valence-electron chi connectivity index (χ3n) is 2.26. The lowest BCUT2D eigenvalue weighted by Gasteiger charge is -2.17. The fraction of sp³-hybridized carbons (Fsp3) is 0.583. The number of rotatable bonds is 7. The van der Waals surface area contributed by atoms with Crippen LogP contribution in [-0.2, 0) is 4.79 Å². The van der Waals surface area contributed by atoms with Crippen molar-refractivity contribution >= 4 is 11.8 Å². The van der Waals surface area contributed by atoms with Gasteiger partial charge in [0.1, 0.15) is 18.2 Å². The lowest BCUT2D eigenvalue weighted by Crippen LogP contribution is -2.31. The van der Waals surface area contributed by atoms with E-state index in [1.54, 1.807) is 6.07 Å². The van der Waals surface area contributed by atoms with Crippen LogP contribution in [0.1, 0.15) is 27.2 Å². The van der Waals surface area contributed by atoms with Gasteiger partial charge in [0.25, 0.3) is 0 Å². The molecule has 0 bridgehead atoms. The fourth-order valence-corrected chi connectivity index (χ4v) is 1.52. The largest absolute Gasteiger partial charge is 0.480 e. The van der Waals surface area contributed by atoms with E-state index in [1.807, 2.05) is 20.8 Å². The van der Waals surface area contributed by atoms with E-state index in [2.05, 4.69) is 15.3 Å². The van der Waals surface area contributed by atoms with E-state index in [-0.39, 0.29) is 5.92 Å². The van der Waals surface area contributed by atoms with Crippen LogP contribution in [-0.4, -0.2) is 33.7 Å². The quantitative estimate of drug-likeness (QED) is 0.770. The number of carboxylic acids is 1. The number of carboxylic acid groups (broad SMARTS) is 1. The van der Waals surface area contributed by atoms with E-state index in [9.17, 15) is 4.79 Å². The summed E-state index contributed by atoms with van der Waals surface area (Å²) in [5.74, 6) is 0.289. The molecule has 1 aromatic rings. The van der Waals surface area contributed by atoms with Gasteiger partial charge in [-0.1, -0.05) is 13.8 Å². The van der Waals surface area contributed by atoms with Gasteiger partial charge < -0.3 is 15.2 Å². The third-order valence-corrected chi connectivity index (χ3v) is 2.26. The highest BCUT2D eigenvalue weighted by Gasteiger charge is 2.19. The minimum Gasteiger partial charge on any atom is -0.480 e. The van der Waals surface area contributed by atoms with Crippen LogP contribution in [0.5, 0.6) is 5.88 Å². The van der Waals surface area contributed by atoms with Crippen LogP contribution in [0.3, 0.4) is 0 Å². The van der Waals surface area contributed by atoms with E-state index in [0.29, 0.717) is 24.7 Å². The zero-order valence-electron chi connectivity index (χ0n) is 10.9. The predicted octanol–water partition coefficient (Wildman–Crippen LogP) is 1.79. The molecular formula is C12H19N3O3. The number of nitrogens with one attached hydrogen (secondary N) is 1. The van der Waals surface area contributed by atoms with E-state index in [0.717, 1.165) is 0 Å². The summed E-state index contributed by atoms with van der Waals surface area (Å²) in [6.07, 6.45) is 1.88. The number of anilines is 1. The van der Waals surface area contributed by atoms with Crippen LogP contribution >= 0.6 is 0 Å². The highest BCUT2D eigenvalue weighted by atomic mass is 16.5. The molecule has 0 aromatic carbocycles. The van der Waals surface area contributed by atoms with Crippen molar-refractivity contribution in [1.29, 1.82) is 0 Å². The standard InChI is InChI=1S/C12H19N3O3/c1-4-18-11-6-10(13-7-14-11)15-9(12(16)17)5-8(2)3/h6-9H,4-5H2,1-3H3,(H,16,17)(H,13,14,15)/t9-/m1/s1. The maximum atomic E-state index is 11.1. The molecule has 0 radical (unpaired) electrons. The summed E-state index contributed by atoms with van der Waals surface area (Å²) >= 11 is 0. The van der Waals surface area contributed by atoms with Crippen LogP contribution in [0.15, 0.2) is 12.4 Å². The Balaban J connectivity index is 2.73. The van der Waals surface area contributed by atoms with Crippen molar-refractivity contribution in [3.05, 3.63) is 12.4 Å². The first-order chi connectivity index (χ1) is 8.52. The lowest BCUT2D eigenvalue weighted by atomic mass is 10.0. The summed E-state index contributed by atoms with van der Waals surface area (Å²) in [6.45, 7) is 6.31. The third kappa shape index (κ3) is 4.57. The Morgan fingerprint density at radius 3 is 2.78 bits per heavy atom. The molecule has 6 heteroatoms. The van der Waals surface area contributed by atoms with Crippen molar-refractivity contribution in [2.45, 2.75) is 33.2 Å². The molecule has 1 aromatic heterocycles. The highest BCUT2D eigenvalue weighted by Crippen LogP contribution is 2.15. The van der Waals surface area contributed by atoms with Crippen LogP contribution < -0.4 is 10.1 Å². The molecule has 0 unspecified atom stereocenters. The molecule has 1 rings (SSSR count). The summed E-state index contributed by atoms with van der Waals surface area (Å²) in [7, 11) is 0. The second-order valence-electron chi connectivity index (χ2n) is 4.34. The number of aliphatic carboxylic acids is 1. The van der Waals surface area contributed by atoms with Crippen LogP contribution in [0, 0.1) is 5.92 Å². The molecule has 0 spiro atoms. The molecule has 0 saturated carbocycles. The van der Waals surface area contributed by atoms with Crippen LogP contribution in [0.4, 0.5) is 5.82 Å². The molecule has 0 aliphatic heterocycles. The van der Waals surface area contributed by atoms with Crippen molar-refractivity contribution in [2.75, 3.05) is 11.9 Å². The van der Waals surface area contributed by atoms with Gasteiger partial charge in [0.2, 0.25) is 5.88 Å². The second kappa shape index (κ2) is 6.78. The molecule has 6 nitrogen and oxygen atoms in total. The molecule has 100 valence electrons. The molecule has 0 saturated heterocycles. The summed E-state index contributed by atoms with van der Waals surface area (Å²) in [6, 6.07) is 0.939. The molecule has 0 aliphatic rings. The van der Waals surface area contributed by atoms with E-state index in [1.165, 1.54) is 6.33 Å². The smallest absolute Gasteiger partial charge is 0.326 e. The van der Waals surface area contributed by atoms with Gasteiger partial charge in [0, 0.05) is 6.07 Å². The number of hydrogen-bond donors (Lipinski definition) is 2. The number of ether oxygens (including phenoxy) is 1. The average molecular weight is 253 g/mol. The predicted molar refractivity (Wildman–Crippen MR) is 67.7 cm³/mol. The van der Waals surface area contributed by atoms with Crippen molar-refractivity contribution < 1.29 is 14.6 Å². The summed E-state index contributed by atoms with van der Waals surface area (Å²) in [5, 5.41) is 12.0. The average Bonchev–Trinajstić information content (AvgIpc) is 2.28. The normalized spacial score (nSPS) is 12.2. The van der Waals surface area contributed by atoms with Crippen LogP contribution in [0.25, 0.3) is 0 Å². The van der Waals surface area contributed by atoms with Crippen molar-refractivity contribution in [2.24, 2.45) is 5.92 Å². The van der Waals surface area contributed by atoms with Crippen molar-refractivity contribution in [1.82, 2.24) is 9.97 Å². The maximum absolute atomic E-state index is 11.1. The fourth-order valence-electron chi connectivity index (χ4n) is 1.52. The number of hydrogen-bond acceptors (Lipinski definition) is 5. The molecular weight excluding hydrogens is 234 g/mol. The Morgan fingerprint density at radius 1 is 1.50 bits per heavy atom. The van der Waals surface area contributed by atoms with E-state index >= 15 is 0 Å². The Kier molecular flexibility index (Phi) is 5.35. The van der Waals surface area contributed by atoms with Gasteiger partial charge >= 0.3 is 5.97 Å². The van der Waals surface area contributed by atoms with Gasteiger partial charge in [-0.2, -0.15) is 0 Å². The molecule has 18 heavy (non-hydrogen) atoms. The number of nitrogens with zero attached hydrogens (tertiary/aromatic N) is 2. The number of aromatic nitrogens is 2. The number of carbonyl (C=O) groups is 1. The van der Waals surface area contributed by atoms with Crippen molar-refractivity contribution in [3.63, 3.8) is 0 Å². The molecule has 1 heterocycles. The zero-order chi connectivity index (χ0) is 13.5. The van der Waals surface area contributed by atoms with Crippen molar-refractivity contribution in [3.8, 4) is 5.88 Å². The Morgan fingerprint density at radius 2 is 2.22 bits per heavy atom. The molecule has 0 fully saturated rings. The first-order valence-electron chi connectivity index (χ1n) is 5.97. The van der Waals surface area contributed by atoms with E-state index < -0.39 is 12.0 Å². The summed E-state index contributed by atoms with van der Waals surface area (Å²) in [5.41, 5.74) is 0. The first kappa shape index (κ1) is 14.2. The van der Waals surface area contributed by atoms with Gasteiger partial charge in [-0.15, -0.1) is 0 Å². The molecule has 2 N–H and O–H groups in total. The Labute approximate surface area is 106 Å². The topological polar surface area (TPSA) is 84.3 Å². The SMILES string of the molecule is CCOc1cc(N[C@H](CC(C)C)C(=O)O)ncn1. The first-order valence-corrected chi connectivity index (χ1v) is 5.97. The monoisotopic (exact) mass is 253 g/mol. The maximum Gasteiger partial charge on any atom is 0.326 e. The zero-order valence-corrected chi connectivity index (χ0v) is 10.9. The van der Waals surface area contributed by atoms with Gasteiger partial charge in [-0.25, -0.2) is 14.8 Å². The minimum atomic E-state index is -0.889. The Bertz CT molecular complexity index is 396. The second-order valence-corrected chi connectivity index (χ2v) is 4.34. The lowest BCUT2D eigenvalue weighted by molar-refractivity contribution is -0.138. The Hall–Kier alpha value is -1.85. The van der Waals surface area contributed by atoms with Gasteiger partial charge in [0.05, 0.1) is 6.61 Å². The van der Waals surface area contributed by atoms with E-state index in [4.69, 9.17) is 9.84 Å².